The number of rotatable bonds is 5. The number of aliphatic imine (C=N–C) groups is 1. The number of thioether (sulfide) groups is 1. The van der Waals surface area contributed by atoms with Crippen molar-refractivity contribution >= 4 is 67.8 Å². The number of amides is 1. The molecule has 1 amide bonds. The van der Waals surface area contributed by atoms with E-state index in [1.54, 1.807) is 23.1 Å². The van der Waals surface area contributed by atoms with Crippen molar-refractivity contribution < 1.29 is 9.90 Å². The summed E-state index contributed by atoms with van der Waals surface area (Å²) in [4.78, 5) is 20.7. The standard InChI is InChI=1S/C26H22BrClN2O2S/c1-3-16-9-5-7-11-21(16)29-26-30(22-12-8-6-10-17(22)4-2)25(32)23(33-26)14-18-13-19(28)15-20(27)24(18)31/h5-15,31H,3-4H2,1-2H3. The van der Waals surface area contributed by atoms with Crippen molar-refractivity contribution in [2.24, 2.45) is 4.99 Å². The van der Waals surface area contributed by atoms with Gasteiger partial charge in [0.15, 0.2) is 5.17 Å². The molecule has 1 aliphatic heterocycles. The maximum absolute atomic E-state index is 13.6. The number of phenolic OH excluding ortho intramolecular Hbond substituents is 1. The Kier molecular flexibility index (Phi) is 7.27. The van der Waals surface area contributed by atoms with Crippen molar-refractivity contribution in [3.8, 4) is 5.75 Å². The maximum atomic E-state index is 13.6. The first-order chi connectivity index (χ1) is 15.9. The SMILES string of the molecule is CCc1ccccc1N=C1SC(=Cc2cc(Cl)cc(Br)c2O)C(=O)N1c1ccccc1CC. The summed E-state index contributed by atoms with van der Waals surface area (Å²) >= 11 is 10.8. The topological polar surface area (TPSA) is 52.9 Å². The number of anilines is 1. The van der Waals surface area contributed by atoms with Crippen molar-refractivity contribution in [3.05, 3.63) is 91.8 Å². The third kappa shape index (κ3) is 4.88. The molecule has 168 valence electrons. The molecule has 0 saturated carbocycles. The van der Waals surface area contributed by atoms with Crippen LogP contribution in [0.5, 0.6) is 5.75 Å². The van der Waals surface area contributed by atoms with Gasteiger partial charge in [-0.05, 0) is 82.0 Å². The van der Waals surface area contributed by atoms with Gasteiger partial charge in [-0.25, -0.2) is 4.99 Å². The number of benzene rings is 3. The van der Waals surface area contributed by atoms with Gasteiger partial charge in [0, 0.05) is 10.6 Å². The van der Waals surface area contributed by atoms with Crippen molar-refractivity contribution in [1.82, 2.24) is 0 Å². The molecule has 0 spiro atoms. The molecule has 0 atom stereocenters. The average molecular weight is 542 g/mol. The molecule has 3 aromatic carbocycles. The highest BCUT2D eigenvalue weighted by molar-refractivity contribution is 9.10. The number of para-hydroxylation sites is 2. The second kappa shape index (κ2) is 10.2. The smallest absolute Gasteiger partial charge is 0.271 e. The number of hydrogen-bond acceptors (Lipinski definition) is 4. The van der Waals surface area contributed by atoms with Crippen LogP contribution in [-0.4, -0.2) is 16.2 Å². The van der Waals surface area contributed by atoms with Gasteiger partial charge >= 0.3 is 0 Å². The van der Waals surface area contributed by atoms with E-state index in [0.29, 0.717) is 25.1 Å². The number of carbonyl (C=O) groups excluding carboxylic acids is 1. The third-order valence-corrected chi connectivity index (χ3v) is 7.14. The normalized spacial score (nSPS) is 16.2. The Morgan fingerprint density at radius 1 is 1.06 bits per heavy atom. The summed E-state index contributed by atoms with van der Waals surface area (Å²) in [6.07, 6.45) is 3.28. The molecule has 0 unspecified atom stereocenters. The van der Waals surface area contributed by atoms with Crippen molar-refractivity contribution in [1.29, 1.82) is 0 Å². The van der Waals surface area contributed by atoms with Gasteiger partial charge in [-0.15, -0.1) is 0 Å². The number of aryl methyl sites for hydroxylation is 2. The van der Waals surface area contributed by atoms with Crippen molar-refractivity contribution in [2.75, 3.05) is 4.90 Å². The molecule has 1 N–H and O–H groups in total. The Labute approximate surface area is 211 Å². The molecule has 0 bridgehead atoms. The summed E-state index contributed by atoms with van der Waals surface area (Å²) in [5.74, 6) is -0.161. The highest BCUT2D eigenvalue weighted by Gasteiger charge is 2.36. The maximum Gasteiger partial charge on any atom is 0.271 e. The zero-order valence-corrected chi connectivity index (χ0v) is 21.3. The fraction of sp³-hybridized carbons (Fsp3) is 0.154. The molecular weight excluding hydrogens is 520 g/mol. The van der Waals surface area contributed by atoms with Gasteiger partial charge in [-0.1, -0.05) is 61.8 Å². The highest BCUT2D eigenvalue weighted by atomic mass is 79.9. The summed E-state index contributed by atoms with van der Waals surface area (Å²) in [6.45, 7) is 4.15. The molecule has 1 saturated heterocycles. The van der Waals surface area contributed by atoms with Crippen LogP contribution in [0.2, 0.25) is 5.02 Å². The first kappa shape index (κ1) is 23.6. The lowest BCUT2D eigenvalue weighted by Crippen LogP contribution is -2.29. The minimum atomic E-state index is -0.191. The van der Waals surface area contributed by atoms with E-state index in [1.165, 1.54) is 11.8 Å². The monoisotopic (exact) mass is 540 g/mol. The van der Waals surface area contributed by atoms with Crippen molar-refractivity contribution in [3.63, 3.8) is 0 Å². The summed E-state index contributed by atoms with van der Waals surface area (Å²) in [7, 11) is 0. The molecule has 0 aromatic heterocycles. The minimum absolute atomic E-state index is 0.0301. The fourth-order valence-corrected chi connectivity index (χ4v) is 5.46. The summed E-state index contributed by atoms with van der Waals surface area (Å²) in [5, 5.41) is 11.5. The van der Waals surface area contributed by atoms with Crippen LogP contribution in [0.4, 0.5) is 11.4 Å². The quantitative estimate of drug-likeness (QED) is 0.336. The minimum Gasteiger partial charge on any atom is -0.506 e. The summed E-state index contributed by atoms with van der Waals surface area (Å²) in [6, 6.07) is 19.0. The molecule has 1 aliphatic rings. The Morgan fingerprint density at radius 2 is 1.73 bits per heavy atom. The molecule has 0 aliphatic carbocycles. The molecule has 33 heavy (non-hydrogen) atoms. The third-order valence-electron chi connectivity index (χ3n) is 5.35. The zero-order valence-electron chi connectivity index (χ0n) is 18.2. The molecular formula is C26H22BrClN2O2S. The number of carbonyl (C=O) groups is 1. The Morgan fingerprint density at radius 3 is 2.45 bits per heavy atom. The van der Waals surface area contributed by atoms with Crippen LogP contribution in [-0.2, 0) is 17.6 Å². The van der Waals surface area contributed by atoms with Gasteiger partial charge in [0.05, 0.1) is 20.8 Å². The van der Waals surface area contributed by atoms with Crippen LogP contribution in [0.1, 0.15) is 30.5 Å². The van der Waals surface area contributed by atoms with Crippen LogP contribution in [0.25, 0.3) is 6.08 Å². The van der Waals surface area contributed by atoms with E-state index in [9.17, 15) is 9.90 Å². The predicted molar refractivity (Wildman–Crippen MR) is 143 cm³/mol. The van der Waals surface area contributed by atoms with Gasteiger partial charge < -0.3 is 5.11 Å². The van der Waals surface area contributed by atoms with E-state index in [2.05, 4.69) is 29.8 Å². The van der Waals surface area contributed by atoms with Gasteiger partial charge in [-0.2, -0.15) is 0 Å². The van der Waals surface area contributed by atoms with E-state index in [4.69, 9.17) is 16.6 Å². The van der Waals surface area contributed by atoms with Crippen molar-refractivity contribution in [2.45, 2.75) is 26.7 Å². The van der Waals surface area contributed by atoms with Gasteiger partial charge in [-0.3, -0.25) is 9.69 Å². The Hall–Kier alpha value is -2.54. The van der Waals surface area contributed by atoms with Gasteiger partial charge in [0.1, 0.15) is 5.75 Å². The second-order valence-corrected chi connectivity index (χ2v) is 9.74. The Balaban J connectivity index is 1.87. The molecule has 4 nitrogen and oxygen atoms in total. The molecule has 0 radical (unpaired) electrons. The number of aromatic hydroxyl groups is 1. The summed E-state index contributed by atoms with van der Waals surface area (Å²) in [5.41, 5.74) is 4.27. The molecule has 1 fully saturated rings. The number of halogens is 2. The van der Waals surface area contributed by atoms with E-state index >= 15 is 0 Å². The zero-order chi connectivity index (χ0) is 23.5. The number of hydrogen-bond donors (Lipinski definition) is 1. The van der Waals surface area contributed by atoms with Gasteiger partial charge in [0.25, 0.3) is 5.91 Å². The molecule has 7 heteroatoms. The lowest BCUT2D eigenvalue weighted by atomic mass is 10.1. The number of nitrogens with zero attached hydrogens (tertiary/aromatic N) is 2. The Bertz CT molecular complexity index is 1290. The lowest BCUT2D eigenvalue weighted by molar-refractivity contribution is -0.113. The molecule has 4 rings (SSSR count). The first-order valence-corrected chi connectivity index (χ1v) is 12.6. The number of phenols is 1. The van der Waals surface area contributed by atoms with Crippen LogP contribution in [0.3, 0.4) is 0 Å². The van der Waals surface area contributed by atoms with Crippen LogP contribution in [0, 0.1) is 0 Å². The van der Waals surface area contributed by atoms with E-state index in [0.717, 1.165) is 35.3 Å². The first-order valence-electron chi connectivity index (χ1n) is 10.6. The molecule has 1 heterocycles. The highest BCUT2D eigenvalue weighted by Crippen LogP contribution is 2.41. The van der Waals surface area contributed by atoms with E-state index in [1.807, 2.05) is 48.5 Å². The van der Waals surface area contributed by atoms with E-state index in [-0.39, 0.29) is 11.7 Å². The second-order valence-electron chi connectivity index (χ2n) is 7.44. The number of amidine groups is 1. The summed E-state index contributed by atoms with van der Waals surface area (Å²) < 4.78 is 0.469. The van der Waals surface area contributed by atoms with E-state index < -0.39 is 0 Å². The van der Waals surface area contributed by atoms with Crippen LogP contribution >= 0.6 is 39.3 Å². The fourth-order valence-electron chi connectivity index (χ4n) is 3.65. The van der Waals surface area contributed by atoms with Crippen LogP contribution < -0.4 is 4.90 Å². The average Bonchev–Trinajstić information content (AvgIpc) is 3.11. The lowest BCUT2D eigenvalue weighted by Gasteiger charge is -2.19. The van der Waals surface area contributed by atoms with Crippen LogP contribution in [0.15, 0.2) is 75.0 Å². The molecule has 3 aromatic rings. The largest absolute Gasteiger partial charge is 0.506 e. The predicted octanol–water partition coefficient (Wildman–Crippen LogP) is 7.74. The van der Waals surface area contributed by atoms with Gasteiger partial charge in [0.2, 0.25) is 0 Å².